The molecule has 16 heavy (non-hydrogen) atoms. The smallest absolute Gasteiger partial charge is 0.246 e. The first-order valence-electron chi connectivity index (χ1n) is 5.64. The van der Waals surface area contributed by atoms with Gasteiger partial charge in [0.1, 0.15) is 6.61 Å². The molecule has 1 atom stereocenters. The highest BCUT2D eigenvalue weighted by molar-refractivity contribution is 5.77. The normalized spacial score (nSPS) is 16.8. The second-order valence-electron chi connectivity index (χ2n) is 4.23. The van der Waals surface area contributed by atoms with Gasteiger partial charge in [-0.05, 0) is 24.3 Å². The number of hydrogen-bond donors (Lipinski definition) is 1. The molecule has 0 saturated heterocycles. The predicted molar refractivity (Wildman–Crippen MR) is 61.9 cm³/mol. The highest BCUT2D eigenvalue weighted by Gasteiger charge is 2.33. The van der Waals surface area contributed by atoms with Crippen molar-refractivity contribution < 1.29 is 9.53 Å². The fourth-order valence-corrected chi connectivity index (χ4v) is 1.91. The minimum Gasteiger partial charge on any atom is -0.375 e. The maximum atomic E-state index is 11.5. The molecule has 0 spiro atoms. The van der Waals surface area contributed by atoms with Gasteiger partial charge in [0.25, 0.3) is 0 Å². The fraction of sp³-hybridized carbons (Fsp3) is 0.462. The van der Waals surface area contributed by atoms with Crippen LogP contribution in [0, 0.1) is 5.92 Å². The standard InChI is InChI=1S/C13H17NO2/c1-16-9-12(15)14-13(11-7-8-11)10-5-3-2-4-6-10/h2-6,11,13H,7-9H2,1H3,(H,14,15). The molecule has 1 amide bonds. The Bertz CT molecular complexity index is 346. The van der Waals surface area contributed by atoms with Gasteiger partial charge >= 0.3 is 0 Å². The van der Waals surface area contributed by atoms with Gasteiger partial charge in [0, 0.05) is 7.11 Å². The van der Waals surface area contributed by atoms with E-state index in [1.807, 2.05) is 18.2 Å². The van der Waals surface area contributed by atoms with Crippen LogP contribution >= 0.6 is 0 Å². The molecular weight excluding hydrogens is 202 g/mol. The number of carbonyl (C=O) groups is 1. The van der Waals surface area contributed by atoms with Crippen molar-refractivity contribution in [2.45, 2.75) is 18.9 Å². The summed E-state index contributed by atoms with van der Waals surface area (Å²) in [6, 6.07) is 10.3. The summed E-state index contributed by atoms with van der Waals surface area (Å²) in [5.74, 6) is 0.562. The molecule has 0 radical (unpaired) electrons. The minimum atomic E-state index is -0.0387. The molecule has 1 aromatic carbocycles. The largest absolute Gasteiger partial charge is 0.375 e. The number of nitrogens with one attached hydrogen (secondary N) is 1. The molecule has 1 aliphatic carbocycles. The van der Waals surface area contributed by atoms with E-state index in [0.29, 0.717) is 5.92 Å². The number of rotatable bonds is 5. The Hall–Kier alpha value is -1.35. The maximum absolute atomic E-state index is 11.5. The molecule has 1 aliphatic rings. The molecule has 1 unspecified atom stereocenters. The van der Waals surface area contributed by atoms with Crippen molar-refractivity contribution in [3.05, 3.63) is 35.9 Å². The number of ether oxygens (including phenoxy) is 1. The predicted octanol–water partition coefficient (Wildman–Crippen LogP) is 1.90. The highest BCUT2D eigenvalue weighted by atomic mass is 16.5. The lowest BCUT2D eigenvalue weighted by Crippen LogP contribution is -2.32. The van der Waals surface area contributed by atoms with Crippen LogP contribution in [0.2, 0.25) is 0 Å². The second-order valence-corrected chi connectivity index (χ2v) is 4.23. The summed E-state index contributed by atoms with van der Waals surface area (Å²) in [7, 11) is 1.54. The monoisotopic (exact) mass is 219 g/mol. The number of benzene rings is 1. The summed E-state index contributed by atoms with van der Waals surface area (Å²) in [6.07, 6.45) is 2.40. The van der Waals surface area contributed by atoms with Gasteiger partial charge in [0.05, 0.1) is 6.04 Å². The van der Waals surface area contributed by atoms with Crippen LogP contribution in [0.1, 0.15) is 24.4 Å². The summed E-state index contributed by atoms with van der Waals surface area (Å²) in [5.41, 5.74) is 1.19. The highest BCUT2D eigenvalue weighted by Crippen LogP contribution is 2.40. The molecule has 0 heterocycles. The summed E-state index contributed by atoms with van der Waals surface area (Å²) in [6.45, 7) is 0.135. The van der Waals surface area contributed by atoms with Gasteiger partial charge in [-0.3, -0.25) is 4.79 Å². The summed E-state index contributed by atoms with van der Waals surface area (Å²) < 4.78 is 4.83. The molecule has 2 rings (SSSR count). The van der Waals surface area contributed by atoms with Crippen LogP contribution in [0.15, 0.2) is 30.3 Å². The Morgan fingerprint density at radius 1 is 1.44 bits per heavy atom. The topological polar surface area (TPSA) is 38.3 Å². The van der Waals surface area contributed by atoms with E-state index in [4.69, 9.17) is 4.74 Å². The van der Waals surface area contributed by atoms with Gasteiger partial charge in [-0.2, -0.15) is 0 Å². The van der Waals surface area contributed by atoms with Crippen LogP contribution in [-0.4, -0.2) is 19.6 Å². The van der Waals surface area contributed by atoms with Gasteiger partial charge in [0.2, 0.25) is 5.91 Å². The Morgan fingerprint density at radius 2 is 2.12 bits per heavy atom. The molecule has 0 aliphatic heterocycles. The van der Waals surface area contributed by atoms with Crippen LogP contribution in [0.4, 0.5) is 0 Å². The number of amides is 1. The number of methoxy groups -OCH3 is 1. The summed E-state index contributed by atoms with van der Waals surface area (Å²) in [5, 5.41) is 3.03. The van der Waals surface area contributed by atoms with Crippen LogP contribution in [0.5, 0.6) is 0 Å². The van der Waals surface area contributed by atoms with Crippen LogP contribution in [-0.2, 0) is 9.53 Å². The Morgan fingerprint density at radius 3 is 2.69 bits per heavy atom. The van der Waals surface area contributed by atoms with Gasteiger partial charge in [-0.15, -0.1) is 0 Å². The van der Waals surface area contributed by atoms with Crippen molar-refractivity contribution in [1.82, 2.24) is 5.32 Å². The first-order chi connectivity index (χ1) is 7.81. The minimum absolute atomic E-state index is 0.0387. The van der Waals surface area contributed by atoms with E-state index in [2.05, 4.69) is 17.4 Å². The van der Waals surface area contributed by atoms with Gasteiger partial charge in [0.15, 0.2) is 0 Å². The van der Waals surface area contributed by atoms with Crippen LogP contribution < -0.4 is 5.32 Å². The second kappa shape index (κ2) is 5.12. The zero-order chi connectivity index (χ0) is 11.4. The Balaban J connectivity index is 2.03. The molecule has 1 saturated carbocycles. The van der Waals surface area contributed by atoms with E-state index >= 15 is 0 Å². The van der Waals surface area contributed by atoms with Crippen molar-refractivity contribution in [3.8, 4) is 0 Å². The van der Waals surface area contributed by atoms with Crippen molar-refractivity contribution in [2.75, 3.05) is 13.7 Å². The summed E-state index contributed by atoms with van der Waals surface area (Å²) in [4.78, 5) is 11.5. The third kappa shape index (κ3) is 2.83. The SMILES string of the molecule is COCC(=O)NC(c1ccccc1)C1CC1. The molecule has 3 heteroatoms. The molecule has 1 aromatic rings. The van der Waals surface area contributed by atoms with Crippen LogP contribution in [0.25, 0.3) is 0 Å². The van der Waals surface area contributed by atoms with Crippen molar-refractivity contribution in [3.63, 3.8) is 0 Å². The Labute approximate surface area is 95.8 Å². The first kappa shape index (κ1) is 11.1. The van der Waals surface area contributed by atoms with Gasteiger partial charge in [-0.25, -0.2) is 0 Å². The van der Waals surface area contributed by atoms with E-state index in [1.165, 1.54) is 25.5 Å². The summed E-state index contributed by atoms with van der Waals surface area (Å²) >= 11 is 0. The lowest BCUT2D eigenvalue weighted by Gasteiger charge is -2.18. The molecule has 1 fully saturated rings. The molecular formula is C13H17NO2. The van der Waals surface area contributed by atoms with Crippen molar-refractivity contribution in [1.29, 1.82) is 0 Å². The average Bonchev–Trinajstić information content (AvgIpc) is 3.11. The third-order valence-corrected chi connectivity index (χ3v) is 2.84. The first-order valence-corrected chi connectivity index (χ1v) is 5.64. The number of hydrogen-bond acceptors (Lipinski definition) is 2. The van der Waals surface area contributed by atoms with E-state index in [0.717, 1.165) is 0 Å². The third-order valence-electron chi connectivity index (χ3n) is 2.84. The quantitative estimate of drug-likeness (QED) is 0.821. The van der Waals surface area contributed by atoms with Gasteiger partial charge < -0.3 is 10.1 Å². The maximum Gasteiger partial charge on any atom is 0.246 e. The Kier molecular flexibility index (Phi) is 3.57. The van der Waals surface area contributed by atoms with Crippen molar-refractivity contribution in [2.24, 2.45) is 5.92 Å². The van der Waals surface area contributed by atoms with Crippen molar-refractivity contribution >= 4 is 5.91 Å². The van der Waals surface area contributed by atoms with E-state index in [9.17, 15) is 4.79 Å². The average molecular weight is 219 g/mol. The molecule has 0 aromatic heterocycles. The molecule has 3 nitrogen and oxygen atoms in total. The van der Waals surface area contributed by atoms with E-state index in [-0.39, 0.29) is 18.6 Å². The zero-order valence-corrected chi connectivity index (χ0v) is 9.48. The van der Waals surface area contributed by atoms with Crippen LogP contribution in [0.3, 0.4) is 0 Å². The van der Waals surface area contributed by atoms with Gasteiger partial charge in [-0.1, -0.05) is 30.3 Å². The zero-order valence-electron chi connectivity index (χ0n) is 9.48. The van der Waals surface area contributed by atoms with E-state index in [1.54, 1.807) is 0 Å². The molecule has 0 bridgehead atoms. The fourth-order valence-electron chi connectivity index (χ4n) is 1.91. The molecule has 1 N–H and O–H groups in total. The molecule has 86 valence electrons. The lowest BCUT2D eigenvalue weighted by atomic mass is 10.0. The van der Waals surface area contributed by atoms with E-state index < -0.39 is 0 Å². The lowest BCUT2D eigenvalue weighted by molar-refractivity contribution is -0.125. The number of carbonyl (C=O) groups excluding carboxylic acids is 1.